The van der Waals surface area contributed by atoms with E-state index in [1.807, 2.05) is 0 Å². The van der Waals surface area contributed by atoms with Crippen molar-refractivity contribution in [3.8, 4) is 0 Å². The van der Waals surface area contributed by atoms with Gasteiger partial charge < -0.3 is 5.73 Å². The Balaban J connectivity index is 2.83. The summed E-state index contributed by atoms with van der Waals surface area (Å²) in [6, 6.07) is 0. The molecule has 0 heterocycles. The molecule has 0 spiro atoms. The molecule has 0 aromatic carbocycles. The van der Waals surface area contributed by atoms with E-state index in [0.29, 0.717) is 0 Å². The van der Waals surface area contributed by atoms with Crippen LogP contribution in [-0.2, 0) is 0 Å². The van der Waals surface area contributed by atoms with E-state index in [1.54, 1.807) is 0 Å². The molecule has 0 amide bonds. The normalized spacial score (nSPS) is 20.1. The molecule has 0 atom stereocenters. The maximum atomic E-state index is 3.95. The van der Waals surface area contributed by atoms with E-state index in [2.05, 4.69) is 25.7 Å². The van der Waals surface area contributed by atoms with Crippen LogP contribution in [0.1, 0.15) is 26.7 Å². The molecule has 0 aromatic heterocycles. The summed E-state index contributed by atoms with van der Waals surface area (Å²) in [5, 5.41) is 0. The Morgan fingerprint density at radius 1 is 1.33 bits per heavy atom. The number of hydrogen-bond donors (Lipinski definition) is 1. The first kappa shape index (κ1) is 6.56. The Morgan fingerprint density at radius 3 is 2.44 bits per heavy atom. The van der Waals surface area contributed by atoms with Gasteiger partial charge in [0.05, 0.1) is 0 Å². The first-order valence-corrected chi connectivity index (χ1v) is 3.39. The van der Waals surface area contributed by atoms with Crippen molar-refractivity contribution >= 4 is 0 Å². The highest BCUT2D eigenvalue weighted by molar-refractivity contribution is 5.27. The first-order chi connectivity index (χ1) is 4.20. The second kappa shape index (κ2) is 2.36. The van der Waals surface area contributed by atoms with Crippen LogP contribution >= 0.6 is 0 Å². The third-order valence-corrected chi connectivity index (χ3v) is 1.84. The van der Waals surface area contributed by atoms with Gasteiger partial charge in [-0.05, 0) is 20.3 Å². The minimum atomic E-state index is 1.16. The van der Waals surface area contributed by atoms with Crippen LogP contribution < -0.4 is 5.73 Å². The molecule has 0 unspecified atom stereocenters. The molecule has 1 aliphatic rings. The van der Waals surface area contributed by atoms with Crippen molar-refractivity contribution in [2.75, 3.05) is 0 Å². The molecule has 1 aliphatic carbocycles. The lowest BCUT2D eigenvalue weighted by Crippen LogP contribution is -2.48. The molecular formula is C8H14N+. The second-order valence-corrected chi connectivity index (χ2v) is 2.78. The zero-order chi connectivity index (χ0) is 6.85. The predicted molar refractivity (Wildman–Crippen MR) is 38.6 cm³/mol. The lowest BCUT2D eigenvalue weighted by Gasteiger charge is -2.07. The van der Waals surface area contributed by atoms with Crippen molar-refractivity contribution in [3.05, 3.63) is 22.9 Å². The van der Waals surface area contributed by atoms with Crippen molar-refractivity contribution < 1.29 is 5.73 Å². The fourth-order valence-electron chi connectivity index (χ4n) is 1.09. The summed E-state index contributed by atoms with van der Waals surface area (Å²) >= 11 is 0. The predicted octanol–water partition coefficient (Wildman–Crippen LogP) is 1.24. The lowest BCUT2D eigenvalue weighted by molar-refractivity contribution is -0.308. The van der Waals surface area contributed by atoms with Crippen molar-refractivity contribution in [2.24, 2.45) is 0 Å². The molecule has 0 saturated carbocycles. The molecule has 0 aromatic rings. The molecular weight excluding hydrogens is 110 g/mol. The molecule has 0 bridgehead atoms. The van der Waals surface area contributed by atoms with Crippen molar-refractivity contribution in [1.82, 2.24) is 0 Å². The van der Waals surface area contributed by atoms with Gasteiger partial charge in [0.25, 0.3) is 0 Å². The SMILES string of the molecule is CC1=CC(C)=C([NH3+])CC1. The third kappa shape index (κ3) is 1.42. The molecule has 50 valence electrons. The van der Waals surface area contributed by atoms with Gasteiger partial charge in [-0.1, -0.05) is 11.6 Å². The van der Waals surface area contributed by atoms with E-state index in [0.717, 1.165) is 6.42 Å². The standard InChI is InChI=1S/C8H13N/c1-6-3-4-8(9)7(2)5-6/h5H,3-4,9H2,1-2H3/p+1. The average molecular weight is 124 g/mol. The van der Waals surface area contributed by atoms with Crippen molar-refractivity contribution in [2.45, 2.75) is 26.7 Å². The summed E-state index contributed by atoms with van der Waals surface area (Å²) in [6.45, 7) is 4.31. The summed E-state index contributed by atoms with van der Waals surface area (Å²) in [5.74, 6) is 0. The van der Waals surface area contributed by atoms with Gasteiger partial charge in [-0.15, -0.1) is 0 Å². The monoisotopic (exact) mass is 124 g/mol. The Kier molecular flexibility index (Phi) is 1.72. The molecule has 9 heavy (non-hydrogen) atoms. The van der Waals surface area contributed by atoms with E-state index in [1.165, 1.54) is 23.3 Å². The number of allylic oxidation sites excluding steroid dienone is 4. The first-order valence-electron chi connectivity index (χ1n) is 3.39. The van der Waals surface area contributed by atoms with E-state index in [9.17, 15) is 0 Å². The Morgan fingerprint density at radius 2 is 2.00 bits per heavy atom. The van der Waals surface area contributed by atoms with E-state index in [4.69, 9.17) is 0 Å². The van der Waals surface area contributed by atoms with Crippen LogP contribution in [0.4, 0.5) is 0 Å². The summed E-state index contributed by atoms with van der Waals surface area (Å²) in [6.07, 6.45) is 4.59. The van der Waals surface area contributed by atoms with Gasteiger partial charge >= 0.3 is 0 Å². The zero-order valence-electron chi connectivity index (χ0n) is 6.20. The summed E-state index contributed by atoms with van der Waals surface area (Å²) in [7, 11) is 0. The summed E-state index contributed by atoms with van der Waals surface area (Å²) in [4.78, 5) is 0. The largest absolute Gasteiger partial charge is 0.329 e. The molecule has 1 heteroatoms. The highest BCUT2D eigenvalue weighted by atomic mass is 14.6. The Bertz CT molecular complexity index is 175. The summed E-state index contributed by atoms with van der Waals surface area (Å²) in [5.41, 5.74) is 8.10. The second-order valence-electron chi connectivity index (χ2n) is 2.78. The fraction of sp³-hybridized carbons (Fsp3) is 0.500. The molecule has 0 saturated heterocycles. The Hall–Kier alpha value is -0.560. The van der Waals surface area contributed by atoms with Crippen molar-refractivity contribution in [3.63, 3.8) is 0 Å². The number of rotatable bonds is 0. The van der Waals surface area contributed by atoms with Crippen LogP contribution in [0.25, 0.3) is 0 Å². The van der Waals surface area contributed by atoms with E-state index >= 15 is 0 Å². The van der Waals surface area contributed by atoms with Gasteiger partial charge in [0.15, 0.2) is 0 Å². The van der Waals surface area contributed by atoms with Gasteiger partial charge in [-0.3, -0.25) is 0 Å². The summed E-state index contributed by atoms with van der Waals surface area (Å²) < 4.78 is 0. The van der Waals surface area contributed by atoms with Crippen LogP contribution in [0, 0.1) is 0 Å². The highest BCUT2D eigenvalue weighted by Crippen LogP contribution is 2.18. The number of quaternary nitrogens is 1. The smallest absolute Gasteiger partial charge is 0.107 e. The molecule has 1 nitrogen and oxygen atoms in total. The quantitative estimate of drug-likeness (QED) is 0.503. The molecule has 1 rings (SSSR count). The van der Waals surface area contributed by atoms with Gasteiger partial charge in [0.1, 0.15) is 5.70 Å². The minimum Gasteiger partial charge on any atom is -0.329 e. The van der Waals surface area contributed by atoms with Crippen molar-refractivity contribution in [1.29, 1.82) is 0 Å². The van der Waals surface area contributed by atoms with Gasteiger partial charge in [0.2, 0.25) is 0 Å². The maximum Gasteiger partial charge on any atom is 0.107 e. The molecule has 3 N–H and O–H groups in total. The van der Waals surface area contributed by atoms with Crippen LogP contribution in [0.15, 0.2) is 22.9 Å². The van der Waals surface area contributed by atoms with Crippen LogP contribution in [0.5, 0.6) is 0 Å². The van der Waals surface area contributed by atoms with Crippen LogP contribution in [-0.4, -0.2) is 0 Å². The zero-order valence-corrected chi connectivity index (χ0v) is 6.20. The third-order valence-electron chi connectivity index (χ3n) is 1.84. The van der Waals surface area contributed by atoms with E-state index < -0.39 is 0 Å². The molecule has 0 aliphatic heterocycles. The van der Waals surface area contributed by atoms with Crippen LogP contribution in [0.2, 0.25) is 0 Å². The number of hydrogen-bond acceptors (Lipinski definition) is 0. The van der Waals surface area contributed by atoms with Gasteiger partial charge in [-0.2, -0.15) is 0 Å². The average Bonchev–Trinajstić information content (AvgIpc) is 1.80. The highest BCUT2D eigenvalue weighted by Gasteiger charge is 2.06. The van der Waals surface area contributed by atoms with E-state index in [-0.39, 0.29) is 0 Å². The Labute approximate surface area is 56.2 Å². The van der Waals surface area contributed by atoms with Crippen LogP contribution in [0.3, 0.4) is 0 Å². The lowest BCUT2D eigenvalue weighted by atomic mass is 9.99. The topological polar surface area (TPSA) is 27.6 Å². The van der Waals surface area contributed by atoms with Gasteiger partial charge in [0, 0.05) is 12.0 Å². The molecule has 0 fully saturated rings. The molecule has 0 radical (unpaired) electrons. The van der Waals surface area contributed by atoms with Gasteiger partial charge in [-0.25, -0.2) is 0 Å². The fourth-order valence-corrected chi connectivity index (χ4v) is 1.09. The maximum absolute atomic E-state index is 3.95. The minimum absolute atomic E-state index is 1.16.